The minimum atomic E-state index is -0.0973. The highest BCUT2D eigenvalue weighted by Gasteiger charge is 2.18. The van der Waals surface area contributed by atoms with Crippen LogP contribution < -0.4 is 4.74 Å². The lowest BCUT2D eigenvalue weighted by Gasteiger charge is -2.15. The van der Waals surface area contributed by atoms with E-state index < -0.39 is 0 Å². The molecule has 0 fully saturated rings. The van der Waals surface area contributed by atoms with Crippen molar-refractivity contribution >= 4 is 17.5 Å². The lowest BCUT2D eigenvalue weighted by Crippen LogP contribution is -2.17. The van der Waals surface area contributed by atoms with Gasteiger partial charge in [0.15, 0.2) is 5.78 Å². The van der Waals surface area contributed by atoms with Crippen LogP contribution in [0.3, 0.4) is 0 Å². The summed E-state index contributed by atoms with van der Waals surface area (Å²) in [5.41, 5.74) is 0.701. The molecule has 1 aromatic rings. The number of carbonyl (C=O) groups excluding carboxylic acids is 1. The Balaban J connectivity index is 2.62. The highest BCUT2D eigenvalue weighted by atomic mass is 32.2. The second kappa shape index (κ2) is 7.44. The SMILES string of the molecule is COc1ccc(C(=O)C(C)SC(C)CCO)cc1. The van der Waals surface area contributed by atoms with Gasteiger partial charge >= 0.3 is 0 Å². The minimum absolute atomic E-state index is 0.0973. The summed E-state index contributed by atoms with van der Waals surface area (Å²) in [5, 5.41) is 9.04. The summed E-state index contributed by atoms with van der Waals surface area (Å²) in [5.74, 6) is 0.868. The minimum Gasteiger partial charge on any atom is -0.497 e. The summed E-state index contributed by atoms with van der Waals surface area (Å²) in [7, 11) is 1.60. The fraction of sp³-hybridized carbons (Fsp3) is 0.500. The molecule has 0 bridgehead atoms. The first-order chi connectivity index (χ1) is 8.58. The number of aliphatic hydroxyl groups excluding tert-OH is 1. The van der Waals surface area contributed by atoms with E-state index in [4.69, 9.17) is 9.84 Å². The van der Waals surface area contributed by atoms with Gasteiger partial charge in [0.1, 0.15) is 5.75 Å². The number of carbonyl (C=O) groups is 1. The number of benzene rings is 1. The molecular formula is C14H20O3S. The second-order valence-electron chi connectivity index (χ2n) is 4.19. The van der Waals surface area contributed by atoms with Crippen LogP contribution in [0.25, 0.3) is 0 Å². The second-order valence-corrected chi connectivity index (χ2v) is 5.98. The summed E-state index contributed by atoms with van der Waals surface area (Å²) in [6, 6.07) is 7.16. The van der Waals surface area contributed by atoms with Gasteiger partial charge in [-0.15, -0.1) is 11.8 Å². The Morgan fingerprint density at radius 2 is 1.94 bits per heavy atom. The molecule has 0 aliphatic rings. The van der Waals surface area contributed by atoms with Crippen molar-refractivity contribution in [2.75, 3.05) is 13.7 Å². The van der Waals surface area contributed by atoms with Gasteiger partial charge in [0, 0.05) is 17.4 Å². The number of hydrogen-bond acceptors (Lipinski definition) is 4. The zero-order chi connectivity index (χ0) is 13.5. The average Bonchev–Trinajstić information content (AvgIpc) is 2.38. The lowest BCUT2D eigenvalue weighted by molar-refractivity contribution is 0.0993. The topological polar surface area (TPSA) is 46.5 Å². The fourth-order valence-corrected chi connectivity index (χ4v) is 2.85. The van der Waals surface area contributed by atoms with E-state index in [1.807, 2.05) is 13.8 Å². The molecule has 1 rings (SSSR count). The van der Waals surface area contributed by atoms with E-state index in [2.05, 4.69) is 0 Å². The Morgan fingerprint density at radius 3 is 2.44 bits per heavy atom. The third-order valence-electron chi connectivity index (χ3n) is 2.72. The Morgan fingerprint density at radius 1 is 1.33 bits per heavy atom. The van der Waals surface area contributed by atoms with Gasteiger partial charge in [-0.1, -0.05) is 6.92 Å². The predicted molar refractivity (Wildman–Crippen MR) is 75.5 cm³/mol. The van der Waals surface area contributed by atoms with Crippen LogP contribution in [-0.2, 0) is 0 Å². The van der Waals surface area contributed by atoms with E-state index in [-0.39, 0.29) is 22.9 Å². The third-order valence-corrected chi connectivity index (χ3v) is 4.04. The van der Waals surface area contributed by atoms with Crippen molar-refractivity contribution in [2.45, 2.75) is 30.8 Å². The Hall–Kier alpha value is -1.00. The van der Waals surface area contributed by atoms with Gasteiger partial charge in [-0.2, -0.15) is 0 Å². The number of hydrogen-bond donors (Lipinski definition) is 1. The number of ketones is 1. The Kier molecular flexibility index (Phi) is 6.22. The highest BCUT2D eigenvalue weighted by molar-refractivity contribution is 8.01. The van der Waals surface area contributed by atoms with Crippen LogP contribution >= 0.6 is 11.8 Å². The van der Waals surface area contributed by atoms with E-state index in [1.165, 1.54) is 0 Å². The summed E-state index contributed by atoms with van der Waals surface area (Å²) in [6.07, 6.45) is 0.713. The van der Waals surface area contributed by atoms with Crippen LogP contribution in [0.5, 0.6) is 5.75 Å². The van der Waals surface area contributed by atoms with Gasteiger partial charge in [-0.05, 0) is 37.6 Å². The zero-order valence-corrected chi connectivity index (χ0v) is 11.9. The van der Waals surface area contributed by atoms with Crippen LogP contribution in [-0.4, -0.2) is 35.1 Å². The van der Waals surface area contributed by atoms with Crippen molar-refractivity contribution in [3.8, 4) is 5.75 Å². The van der Waals surface area contributed by atoms with E-state index >= 15 is 0 Å². The van der Waals surface area contributed by atoms with E-state index in [0.717, 1.165) is 5.75 Å². The standard InChI is InChI=1S/C14H20O3S/c1-10(8-9-15)18-11(2)14(16)12-4-6-13(17-3)7-5-12/h4-7,10-11,15H,8-9H2,1-3H3. The monoisotopic (exact) mass is 268 g/mol. The number of ether oxygens (including phenoxy) is 1. The molecule has 0 saturated heterocycles. The van der Waals surface area contributed by atoms with Crippen LogP contribution in [0.1, 0.15) is 30.6 Å². The average molecular weight is 268 g/mol. The molecular weight excluding hydrogens is 248 g/mol. The molecule has 0 saturated carbocycles. The van der Waals surface area contributed by atoms with Crippen molar-refractivity contribution in [3.63, 3.8) is 0 Å². The van der Waals surface area contributed by atoms with Crippen LogP contribution in [0.15, 0.2) is 24.3 Å². The molecule has 3 nitrogen and oxygen atoms in total. The molecule has 0 radical (unpaired) electrons. The van der Waals surface area contributed by atoms with Gasteiger partial charge in [0.25, 0.3) is 0 Å². The van der Waals surface area contributed by atoms with Crippen molar-refractivity contribution < 1.29 is 14.6 Å². The van der Waals surface area contributed by atoms with Crippen molar-refractivity contribution in [3.05, 3.63) is 29.8 Å². The fourth-order valence-electron chi connectivity index (χ4n) is 1.65. The maximum absolute atomic E-state index is 12.2. The van der Waals surface area contributed by atoms with E-state index in [1.54, 1.807) is 43.1 Å². The molecule has 2 unspecified atom stereocenters. The highest BCUT2D eigenvalue weighted by Crippen LogP contribution is 2.23. The van der Waals surface area contributed by atoms with Crippen molar-refractivity contribution in [1.29, 1.82) is 0 Å². The molecule has 1 aromatic carbocycles. The van der Waals surface area contributed by atoms with Gasteiger partial charge in [-0.25, -0.2) is 0 Å². The predicted octanol–water partition coefficient (Wildman–Crippen LogP) is 2.77. The largest absolute Gasteiger partial charge is 0.497 e. The first-order valence-corrected chi connectivity index (χ1v) is 6.97. The summed E-state index contributed by atoms with van der Waals surface area (Å²) >= 11 is 1.60. The van der Waals surface area contributed by atoms with Crippen LogP contribution in [0.4, 0.5) is 0 Å². The van der Waals surface area contributed by atoms with Gasteiger partial charge in [0.05, 0.1) is 12.4 Å². The molecule has 18 heavy (non-hydrogen) atoms. The summed E-state index contributed by atoms with van der Waals surface area (Å²) < 4.78 is 5.06. The number of aliphatic hydroxyl groups is 1. The molecule has 0 aliphatic carbocycles. The first kappa shape index (κ1) is 15.1. The number of methoxy groups -OCH3 is 1. The zero-order valence-electron chi connectivity index (χ0n) is 11.1. The van der Waals surface area contributed by atoms with Crippen LogP contribution in [0, 0.1) is 0 Å². The summed E-state index contributed by atoms with van der Waals surface area (Å²) in [4.78, 5) is 12.2. The first-order valence-electron chi connectivity index (χ1n) is 6.03. The number of Topliss-reactive ketones (excluding diaryl/α,β-unsaturated/α-hetero) is 1. The molecule has 0 heterocycles. The number of rotatable bonds is 7. The smallest absolute Gasteiger partial charge is 0.175 e. The van der Waals surface area contributed by atoms with Gasteiger partial charge < -0.3 is 9.84 Å². The summed E-state index contributed by atoms with van der Waals surface area (Å²) in [6.45, 7) is 4.10. The molecule has 1 N–H and O–H groups in total. The Labute approximate surface area is 113 Å². The molecule has 2 atom stereocenters. The van der Waals surface area contributed by atoms with Crippen molar-refractivity contribution in [2.24, 2.45) is 0 Å². The molecule has 0 amide bonds. The number of thioether (sulfide) groups is 1. The molecule has 4 heteroatoms. The third kappa shape index (κ3) is 4.35. The quantitative estimate of drug-likeness (QED) is 0.772. The normalized spacial score (nSPS) is 14.0. The molecule has 0 spiro atoms. The molecule has 100 valence electrons. The van der Waals surface area contributed by atoms with E-state index in [0.29, 0.717) is 12.0 Å². The molecule has 0 aliphatic heterocycles. The van der Waals surface area contributed by atoms with Crippen molar-refractivity contribution in [1.82, 2.24) is 0 Å². The maximum Gasteiger partial charge on any atom is 0.175 e. The van der Waals surface area contributed by atoms with Crippen LogP contribution in [0.2, 0.25) is 0 Å². The maximum atomic E-state index is 12.2. The van der Waals surface area contributed by atoms with E-state index in [9.17, 15) is 4.79 Å². The Bertz CT molecular complexity index is 375. The van der Waals surface area contributed by atoms with Gasteiger partial charge in [0.2, 0.25) is 0 Å². The lowest BCUT2D eigenvalue weighted by atomic mass is 10.1. The van der Waals surface area contributed by atoms with Gasteiger partial charge in [-0.3, -0.25) is 4.79 Å². The molecule has 0 aromatic heterocycles.